The highest BCUT2D eigenvalue weighted by Gasteiger charge is 2.38. The van der Waals surface area contributed by atoms with Gasteiger partial charge in [0, 0.05) is 6.04 Å². The topological polar surface area (TPSA) is 19.0 Å². The van der Waals surface area contributed by atoms with E-state index >= 15 is 0 Å². The number of epoxide rings is 1. The Kier molecular flexibility index (Phi) is 5.00. The van der Waals surface area contributed by atoms with Crippen LogP contribution < -0.4 is 0 Å². The van der Waals surface area contributed by atoms with Crippen molar-refractivity contribution in [2.45, 2.75) is 57.6 Å². The first-order valence-electron chi connectivity index (χ1n) is 8.82. The lowest BCUT2D eigenvalue weighted by atomic mass is 9.78. The number of hydrogen-bond donors (Lipinski definition) is 0. The molecule has 0 spiro atoms. The quantitative estimate of drug-likeness (QED) is 0.722. The molecular formula is C17H32N2O. The van der Waals surface area contributed by atoms with Crippen LogP contribution in [-0.2, 0) is 4.74 Å². The van der Waals surface area contributed by atoms with E-state index in [0.29, 0.717) is 6.10 Å². The molecule has 3 rings (SSSR count). The fourth-order valence-corrected chi connectivity index (χ4v) is 4.40. The van der Waals surface area contributed by atoms with Gasteiger partial charge in [-0.3, -0.25) is 4.90 Å². The van der Waals surface area contributed by atoms with Crippen LogP contribution in [0.1, 0.15) is 45.4 Å². The molecular weight excluding hydrogens is 248 g/mol. The van der Waals surface area contributed by atoms with Crippen LogP contribution in [0.15, 0.2) is 0 Å². The first-order valence-corrected chi connectivity index (χ1v) is 8.82. The SMILES string of the molecule is CCCC(C1CO1)N1CCC(C2CCN(C)CC2)CC1. The van der Waals surface area contributed by atoms with Crippen LogP contribution >= 0.6 is 0 Å². The van der Waals surface area contributed by atoms with Gasteiger partial charge in [-0.25, -0.2) is 0 Å². The Morgan fingerprint density at radius 1 is 1.00 bits per heavy atom. The van der Waals surface area contributed by atoms with Crippen LogP contribution in [0.3, 0.4) is 0 Å². The zero-order valence-electron chi connectivity index (χ0n) is 13.4. The Hall–Kier alpha value is -0.120. The predicted octanol–water partition coefficient (Wildman–Crippen LogP) is 2.61. The average molecular weight is 280 g/mol. The van der Waals surface area contributed by atoms with Crippen molar-refractivity contribution in [2.75, 3.05) is 39.8 Å². The molecule has 3 nitrogen and oxygen atoms in total. The van der Waals surface area contributed by atoms with Gasteiger partial charge in [-0.15, -0.1) is 0 Å². The van der Waals surface area contributed by atoms with Gasteiger partial charge in [-0.1, -0.05) is 13.3 Å². The van der Waals surface area contributed by atoms with E-state index in [1.807, 2.05) is 0 Å². The zero-order chi connectivity index (χ0) is 13.9. The molecule has 3 heteroatoms. The molecule has 20 heavy (non-hydrogen) atoms. The van der Waals surface area contributed by atoms with Crippen molar-refractivity contribution in [1.82, 2.24) is 9.80 Å². The molecule has 0 radical (unpaired) electrons. The summed E-state index contributed by atoms with van der Waals surface area (Å²) in [6, 6.07) is 0.721. The molecule has 3 fully saturated rings. The lowest BCUT2D eigenvalue weighted by Gasteiger charge is -2.41. The summed E-state index contributed by atoms with van der Waals surface area (Å²) in [7, 11) is 2.27. The highest BCUT2D eigenvalue weighted by atomic mass is 16.6. The van der Waals surface area contributed by atoms with E-state index in [-0.39, 0.29) is 0 Å². The summed E-state index contributed by atoms with van der Waals surface area (Å²) in [4.78, 5) is 5.24. The summed E-state index contributed by atoms with van der Waals surface area (Å²) in [5.41, 5.74) is 0. The maximum atomic E-state index is 5.58. The molecule has 0 aromatic rings. The molecule has 3 saturated heterocycles. The molecule has 0 aromatic heterocycles. The van der Waals surface area contributed by atoms with Crippen LogP contribution in [0.4, 0.5) is 0 Å². The van der Waals surface area contributed by atoms with Crippen LogP contribution in [0, 0.1) is 11.8 Å². The fourth-order valence-electron chi connectivity index (χ4n) is 4.40. The standard InChI is InChI=1S/C17H32N2O/c1-3-4-16(17-13-20-17)19-11-7-15(8-12-19)14-5-9-18(2)10-6-14/h14-17H,3-13H2,1-2H3. The van der Waals surface area contributed by atoms with Crippen LogP contribution in [-0.4, -0.2) is 61.8 Å². The number of likely N-dealkylation sites (tertiary alicyclic amines) is 2. The van der Waals surface area contributed by atoms with Gasteiger partial charge >= 0.3 is 0 Å². The van der Waals surface area contributed by atoms with Crippen LogP contribution in [0.5, 0.6) is 0 Å². The Balaban J connectivity index is 1.46. The highest BCUT2D eigenvalue weighted by Crippen LogP contribution is 2.34. The molecule has 0 amide bonds. The normalized spacial score (nSPS) is 32.4. The monoisotopic (exact) mass is 280 g/mol. The number of hydrogen-bond acceptors (Lipinski definition) is 3. The third-order valence-corrected chi connectivity index (χ3v) is 5.85. The molecule has 3 heterocycles. The van der Waals surface area contributed by atoms with Gasteiger partial charge < -0.3 is 9.64 Å². The third-order valence-electron chi connectivity index (χ3n) is 5.85. The molecule has 0 aromatic carbocycles. The van der Waals surface area contributed by atoms with Crippen molar-refractivity contribution >= 4 is 0 Å². The summed E-state index contributed by atoms with van der Waals surface area (Å²) in [6.07, 6.45) is 8.91. The molecule has 3 aliphatic rings. The average Bonchev–Trinajstić information content (AvgIpc) is 3.31. The minimum Gasteiger partial charge on any atom is -0.371 e. The van der Waals surface area contributed by atoms with Gasteiger partial charge in [-0.2, -0.15) is 0 Å². The Morgan fingerprint density at radius 2 is 1.55 bits per heavy atom. The molecule has 0 aliphatic carbocycles. The van der Waals surface area contributed by atoms with Crippen molar-refractivity contribution in [1.29, 1.82) is 0 Å². The third kappa shape index (κ3) is 3.55. The summed E-state index contributed by atoms with van der Waals surface area (Å²) in [5.74, 6) is 2.01. The second-order valence-electron chi connectivity index (χ2n) is 7.24. The largest absolute Gasteiger partial charge is 0.371 e. The van der Waals surface area contributed by atoms with Gasteiger partial charge in [-0.05, 0) is 77.2 Å². The number of ether oxygens (including phenoxy) is 1. The second-order valence-corrected chi connectivity index (χ2v) is 7.24. The molecule has 116 valence electrons. The molecule has 2 unspecified atom stereocenters. The zero-order valence-corrected chi connectivity index (χ0v) is 13.4. The maximum absolute atomic E-state index is 5.58. The van der Waals surface area contributed by atoms with Gasteiger partial charge in [0.05, 0.1) is 12.7 Å². The van der Waals surface area contributed by atoms with Crippen molar-refractivity contribution in [3.63, 3.8) is 0 Å². The second kappa shape index (κ2) is 6.76. The van der Waals surface area contributed by atoms with Crippen molar-refractivity contribution in [3.05, 3.63) is 0 Å². The summed E-state index contributed by atoms with van der Waals surface area (Å²) in [5, 5.41) is 0. The smallest absolute Gasteiger partial charge is 0.0964 e. The fraction of sp³-hybridized carbons (Fsp3) is 1.00. The molecule has 0 saturated carbocycles. The van der Waals surface area contributed by atoms with E-state index in [1.54, 1.807) is 0 Å². The summed E-state index contributed by atoms with van der Waals surface area (Å²) in [6.45, 7) is 8.60. The lowest BCUT2D eigenvalue weighted by Crippen LogP contribution is -2.46. The van der Waals surface area contributed by atoms with E-state index in [2.05, 4.69) is 23.8 Å². The van der Waals surface area contributed by atoms with E-state index in [9.17, 15) is 0 Å². The first-order chi connectivity index (χ1) is 9.78. The van der Waals surface area contributed by atoms with Gasteiger partial charge in [0.2, 0.25) is 0 Å². The van der Waals surface area contributed by atoms with E-state index < -0.39 is 0 Å². The molecule has 2 atom stereocenters. The highest BCUT2D eigenvalue weighted by molar-refractivity contribution is 4.90. The number of nitrogens with zero attached hydrogens (tertiary/aromatic N) is 2. The Bertz CT molecular complexity index is 289. The van der Waals surface area contributed by atoms with Gasteiger partial charge in [0.25, 0.3) is 0 Å². The Labute approximate surface area is 124 Å². The molecule has 0 N–H and O–H groups in total. The van der Waals surface area contributed by atoms with E-state index in [1.165, 1.54) is 64.7 Å². The number of piperidine rings is 2. The van der Waals surface area contributed by atoms with Crippen molar-refractivity contribution in [3.8, 4) is 0 Å². The van der Waals surface area contributed by atoms with Crippen LogP contribution in [0.2, 0.25) is 0 Å². The van der Waals surface area contributed by atoms with Crippen LogP contribution in [0.25, 0.3) is 0 Å². The lowest BCUT2D eigenvalue weighted by molar-refractivity contribution is 0.0687. The van der Waals surface area contributed by atoms with Gasteiger partial charge in [0.1, 0.15) is 0 Å². The minimum absolute atomic E-state index is 0.565. The first kappa shape index (κ1) is 14.8. The van der Waals surface area contributed by atoms with Crippen molar-refractivity contribution < 1.29 is 4.74 Å². The summed E-state index contributed by atoms with van der Waals surface area (Å²) >= 11 is 0. The van der Waals surface area contributed by atoms with Gasteiger partial charge in [0.15, 0.2) is 0 Å². The van der Waals surface area contributed by atoms with E-state index in [0.717, 1.165) is 24.5 Å². The van der Waals surface area contributed by atoms with Crippen molar-refractivity contribution in [2.24, 2.45) is 11.8 Å². The molecule has 3 aliphatic heterocycles. The molecule has 0 bridgehead atoms. The maximum Gasteiger partial charge on any atom is 0.0964 e. The summed E-state index contributed by atoms with van der Waals surface area (Å²) < 4.78 is 5.58. The number of rotatable bonds is 5. The Morgan fingerprint density at radius 3 is 2.05 bits per heavy atom. The van der Waals surface area contributed by atoms with E-state index in [4.69, 9.17) is 4.74 Å². The predicted molar refractivity (Wildman–Crippen MR) is 83.0 cm³/mol. The minimum atomic E-state index is 0.565.